The van der Waals surface area contributed by atoms with E-state index in [-0.39, 0.29) is 30.4 Å². The minimum absolute atomic E-state index is 0.0394. The van der Waals surface area contributed by atoms with E-state index in [4.69, 9.17) is 4.74 Å². The lowest BCUT2D eigenvalue weighted by molar-refractivity contribution is -0.149. The molecule has 2 aliphatic heterocycles. The number of hydrogen-bond donors (Lipinski definition) is 1. The van der Waals surface area contributed by atoms with Crippen molar-refractivity contribution in [1.29, 1.82) is 0 Å². The van der Waals surface area contributed by atoms with E-state index in [1.807, 2.05) is 25.1 Å². The number of nitrogens with zero attached hydrogens (tertiary/aromatic N) is 2. The normalized spacial score (nSPS) is 26.8. The van der Waals surface area contributed by atoms with Gasteiger partial charge in [-0.1, -0.05) is 50.1 Å². The average Bonchev–Trinajstić information content (AvgIpc) is 2.94. The fourth-order valence-electron chi connectivity index (χ4n) is 4.79. The number of urea groups is 1. The number of rotatable bonds is 7. The summed E-state index contributed by atoms with van der Waals surface area (Å²) in [5.41, 5.74) is 0.486. The summed E-state index contributed by atoms with van der Waals surface area (Å²) < 4.78 is 5.84. The van der Waals surface area contributed by atoms with Gasteiger partial charge in [0.15, 0.2) is 0 Å². The monoisotopic (exact) mass is 413 g/mol. The highest BCUT2D eigenvalue weighted by Crippen LogP contribution is 2.38. The van der Waals surface area contributed by atoms with E-state index >= 15 is 0 Å². The summed E-state index contributed by atoms with van der Waals surface area (Å²) in [5, 5.41) is 2.90. The first-order valence-electron chi connectivity index (χ1n) is 11.1. The maximum Gasteiger partial charge on any atom is 0.325 e. The van der Waals surface area contributed by atoms with E-state index in [0.717, 1.165) is 37.0 Å². The molecule has 1 aliphatic carbocycles. The molecule has 7 heteroatoms. The Hall–Kier alpha value is -2.41. The SMILES string of the molecule is C[C@H]1CCCC[C@]12NC(=O)N(CC(=O)N1CC(OCCCc3ccccc3)C1)C2=O. The van der Waals surface area contributed by atoms with Gasteiger partial charge >= 0.3 is 6.03 Å². The number of carbonyl (C=O) groups is 3. The highest BCUT2D eigenvalue weighted by Gasteiger charge is 2.55. The van der Waals surface area contributed by atoms with Crippen LogP contribution in [0.25, 0.3) is 0 Å². The molecule has 0 aromatic heterocycles. The van der Waals surface area contributed by atoms with Crippen LogP contribution >= 0.6 is 0 Å². The smallest absolute Gasteiger partial charge is 0.325 e. The summed E-state index contributed by atoms with van der Waals surface area (Å²) in [5.74, 6) is -0.328. The molecule has 7 nitrogen and oxygen atoms in total. The molecule has 1 aromatic rings. The molecule has 4 rings (SSSR count). The summed E-state index contributed by atoms with van der Waals surface area (Å²) in [6.45, 7) is 3.54. The van der Waals surface area contributed by atoms with Gasteiger partial charge in [0, 0.05) is 19.7 Å². The van der Waals surface area contributed by atoms with Crippen LogP contribution in [0.2, 0.25) is 0 Å². The maximum absolute atomic E-state index is 13.0. The van der Waals surface area contributed by atoms with E-state index in [2.05, 4.69) is 17.4 Å². The van der Waals surface area contributed by atoms with Crippen molar-refractivity contribution in [3.05, 3.63) is 35.9 Å². The minimum Gasteiger partial charge on any atom is -0.375 e. The first-order valence-corrected chi connectivity index (χ1v) is 11.1. The van der Waals surface area contributed by atoms with Gasteiger partial charge < -0.3 is 15.0 Å². The van der Waals surface area contributed by atoms with Crippen molar-refractivity contribution in [2.45, 2.75) is 57.1 Å². The third-order valence-electron chi connectivity index (χ3n) is 6.80. The number of hydrogen-bond acceptors (Lipinski definition) is 4. The van der Waals surface area contributed by atoms with Gasteiger partial charge in [0.05, 0.1) is 6.10 Å². The Kier molecular flexibility index (Phi) is 6.09. The Balaban J connectivity index is 1.19. The van der Waals surface area contributed by atoms with Gasteiger partial charge in [0.1, 0.15) is 12.1 Å². The maximum atomic E-state index is 13.0. The Morgan fingerprint density at radius 2 is 1.97 bits per heavy atom. The molecule has 0 bridgehead atoms. The Bertz CT molecular complexity index is 793. The van der Waals surface area contributed by atoms with Crippen LogP contribution in [-0.2, 0) is 20.7 Å². The molecule has 162 valence electrons. The molecule has 2 heterocycles. The predicted molar refractivity (Wildman–Crippen MR) is 112 cm³/mol. The van der Waals surface area contributed by atoms with Gasteiger partial charge in [-0.3, -0.25) is 14.5 Å². The second kappa shape index (κ2) is 8.76. The zero-order valence-corrected chi connectivity index (χ0v) is 17.6. The second-order valence-electron chi connectivity index (χ2n) is 8.82. The number of nitrogens with one attached hydrogen (secondary N) is 1. The number of amides is 4. The standard InChI is InChI=1S/C23H31N3O4/c1-17-8-5-6-12-23(17)21(28)26(22(29)24-23)16-20(27)25-14-19(15-25)30-13-7-11-18-9-3-2-4-10-18/h2-4,9-10,17,19H,5-8,11-16H2,1H3,(H,24,29)/t17-,23-/m0/s1. The van der Waals surface area contributed by atoms with E-state index in [9.17, 15) is 14.4 Å². The molecular formula is C23H31N3O4. The third kappa shape index (κ3) is 4.08. The minimum atomic E-state index is -0.811. The van der Waals surface area contributed by atoms with Crippen LogP contribution in [0.4, 0.5) is 4.79 Å². The van der Waals surface area contributed by atoms with Crippen molar-refractivity contribution in [1.82, 2.24) is 15.1 Å². The summed E-state index contributed by atoms with van der Waals surface area (Å²) in [4.78, 5) is 40.7. The Morgan fingerprint density at radius 3 is 2.70 bits per heavy atom. The molecule has 1 aromatic carbocycles. The van der Waals surface area contributed by atoms with E-state index < -0.39 is 11.6 Å². The number of aryl methyl sites for hydroxylation is 1. The summed E-state index contributed by atoms with van der Waals surface area (Å²) in [6, 6.07) is 9.86. The lowest BCUT2D eigenvalue weighted by Crippen LogP contribution is -2.58. The molecule has 0 unspecified atom stereocenters. The van der Waals surface area contributed by atoms with E-state index in [1.165, 1.54) is 5.56 Å². The lowest BCUT2D eigenvalue weighted by atomic mass is 9.73. The molecule has 2 saturated heterocycles. The highest BCUT2D eigenvalue weighted by molar-refractivity contribution is 6.09. The molecule has 0 radical (unpaired) electrons. The number of carbonyl (C=O) groups excluding carboxylic acids is 3. The summed E-state index contributed by atoms with van der Waals surface area (Å²) in [7, 11) is 0. The van der Waals surface area contributed by atoms with Crippen molar-refractivity contribution in [3.63, 3.8) is 0 Å². The molecule has 1 spiro atoms. The van der Waals surface area contributed by atoms with Crippen LogP contribution < -0.4 is 5.32 Å². The average molecular weight is 414 g/mol. The number of benzene rings is 1. The predicted octanol–water partition coefficient (Wildman–Crippen LogP) is 2.35. The molecule has 30 heavy (non-hydrogen) atoms. The molecule has 1 saturated carbocycles. The quantitative estimate of drug-likeness (QED) is 0.550. The molecule has 3 aliphatic rings. The zero-order valence-electron chi connectivity index (χ0n) is 17.6. The van der Waals surface area contributed by atoms with Gasteiger partial charge in [-0.15, -0.1) is 0 Å². The number of imide groups is 1. The lowest BCUT2D eigenvalue weighted by Gasteiger charge is -2.39. The van der Waals surface area contributed by atoms with Crippen molar-refractivity contribution in [2.75, 3.05) is 26.2 Å². The van der Waals surface area contributed by atoms with Crippen LogP contribution in [0.5, 0.6) is 0 Å². The van der Waals surface area contributed by atoms with Gasteiger partial charge in [-0.25, -0.2) is 4.79 Å². The van der Waals surface area contributed by atoms with Crippen LogP contribution in [0, 0.1) is 5.92 Å². The molecule has 1 N–H and O–H groups in total. The van der Waals surface area contributed by atoms with Crippen LogP contribution in [0.1, 0.15) is 44.6 Å². The van der Waals surface area contributed by atoms with Gasteiger partial charge in [-0.05, 0) is 37.2 Å². The molecule has 4 amide bonds. The molecular weight excluding hydrogens is 382 g/mol. The van der Waals surface area contributed by atoms with E-state index in [1.54, 1.807) is 4.90 Å². The van der Waals surface area contributed by atoms with Crippen molar-refractivity contribution >= 4 is 17.8 Å². The van der Waals surface area contributed by atoms with Gasteiger partial charge in [0.25, 0.3) is 5.91 Å². The summed E-state index contributed by atoms with van der Waals surface area (Å²) >= 11 is 0. The third-order valence-corrected chi connectivity index (χ3v) is 6.80. The topological polar surface area (TPSA) is 79.0 Å². The first-order chi connectivity index (χ1) is 14.5. The fraction of sp³-hybridized carbons (Fsp3) is 0.609. The van der Waals surface area contributed by atoms with Crippen LogP contribution in [0.3, 0.4) is 0 Å². The molecule has 2 atom stereocenters. The molecule has 3 fully saturated rings. The van der Waals surface area contributed by atoms with Crippen molar-refractivity contribution in [3.8, 4) is 0 Å². The van der Waals surface area contributed by atoms with Crippen molar-refractivity contribution < 1.29 is 19.1 Å². The Labute approximate surface area is 177 Å². The number of likely N-dealkylation sites (tertiary alicyclic amines) is 1. The zero-order chi connectivity index (χ0) is 21.1. The van der Waals surface area contributed by atoms with E-state index in [0.29, 0.717) is 26.1 Å². The number of ether oxygens (including phenoxy) is 1. The highest BCUT2D eigenvalue weighted by atomic mass is 16.5. The Morgan fingerprint density at radius 1 is 1.20 bits per heavy atom. The largest absolute Gasteiger partial charge is 0.375 e. The fourth-order valence-corrected chi connectivity index (χ4v) is 4.79. The summed E-state index contributed by atoms with van der Waals surface area (Å²) in [6.07, 6.45) is 5.53. The first kappa shape index (κ1) is 20.8. The van der Waals surface area contributed by atoms with Gasteiger partial charge in [0.2, 0.25) is 5.91 Å². The van der Waals surface area contributed by atoms with Crippen LogP contribution in [-0.4, -0.2) is 65.5 Å². The second-order valence-corrected chi connectivity index (χ2v) is 8.82. The van der Waals surface area contributed by atoms with Gasteiger partial charge in [-0.2, -0.15) is 0 Å². The van der Waals surface area contributed by atoms with Crippen molar-refractivity contribution in [2.24, 2.45) is 5.92 Å². The van der Waals surface area contributed by atoms with Crippen LogP contribution in [0.15, 0.2) is 30.3 Å².